The molecule has 0 N–H and O–H groups in total. The van der Waals surface area contributed by atoms with E-state index in [2.05, 4.69) is 0 Å². The summed E-state index contributed by atoms with van der Waals surface area (Å²) < 4.78 is 22.2. The second-order valence-electron chi connectivity index (χ2n) is 2.63. The van der Waals surface area contributed by atoms with Crippen molar-refractivity contribution in [3.63, 3.8) is 0 Å². The summed E-state index contributed by atoms with van der Waals surface area (Å²) in [5.74, 6) is 0. The lowest BCUT2D eigenvalue weighted by Gasteiger charge is -2.21. The number of rotatable bonds is 6. The van der Waals surface area contributed by atoms with Gasteiger partial charge in [-0.05, 0) is 20.3 Å². The van der Waals surface area contributed by atoms with Crippen LogP contribution in [0.15, 0.2) is 0 Å². The summed E-state index contributed by atoms with van der Waals surface area (Å²) in [5, 5.41) is 0. The summed E-state index contributed by atoms with van der Waals surface area (Å²) in [6, 6.07) is 0. The normalized spacial score (nSPS) is 14.7. The monoisotopic (exact) mass is 194 g/mol. The van der Waals surface area contributed by atoms with Gasteiger partial charge in [0.25, 0.3) is 0 Å². The van der Waals surface area contributed by atoms with Crippen molar-refractivity contribution < 1.29 is 13.6 Å². The Kier molecular flexibility index (Phi) is 5.81. The SMILES string of the molecule is CCOP(=O)(OCC)[C@H](C)CC. The minimum Gasteiger partial charge on any atom is -0.309 e. The van der Waals surface area contributed by atoms with Crippen molar-refractivity contribution in [1.82, 2.24) is 0 Å². The average molecular weight is 194 g/mol. The molecule has 4 heteroatoms. The first-order valence-electron chi connectivity index (χ1n) is 4.49. The van der Waals surface area contributed by atoms with E-state index in [0.29, 0.717) is 13.2 Å². The molecule has 0 amide bonds. The lowest BCUT2D eigenvalue weighted by Crippen LogP contribution is -2.08. The van der Waals surface area contributed by atoms with E-state index in [1.807, 2.05) is 27.7 Å². The summed E-state index contributed by atoms with van der Waals surface area (Å²) >= 11 is 0. The molecule has 0 saturated heterocycles. The Morgan fingerprint density at radius 1 is 1.17 bits per heavy atom. The Bertz CT molecular complexity index is 148. The minimum absolute atomic E-state index is 0.00241. The van der Waals surface area contributed by atoms with Crippen LogP contribution in [0.3, 0.4) is 0 Å². The van der Waals surface area contributed by atoms with Crippen LogP contribution in [0, 0.1) is 0 Å². The molecule has 0 radical (unpaired) electrons. The van der Waals surface area contributed by atoms with E-state index in [9.17, 15) is 4.57 Å². The van der Waals surface area contributed by atoms with Crippen LogP contribution >= 0.6 is 7.60 Å². The largest absolute Gasteiger partial charge is 0.333 e. The molecule has 74 valence electrons. The van der Waals surface area contributed by atoms with Gasteiger partial charge in [0.2, 0.25) is 0 Å². The van der Waals surface area contributed by atoms with E-state index in [1.54, 1.807) is 0 Å². The first-order chi connectivity index (χ1) is 5.60. The maximum atomic E-state index is 11.9. The fraction of sp³-hybridized carbons (Fsp3) is 1.00. The Morgan fingerprint density at radius 3 is 1.83 bits per heavy atom. The summed E-state index contributed by atoms with van der Waals surface area (Å²) in [6.07, 6.45) is 0.817. The molecular formula is C8H19O3P. The topological polar surface area (TPSA) is 35.5 Å². The zero-order valence-corrected chi connectivity index (χ0v) is 9.27. The van der Waals surface area contributed by atoms with Gasteiger partial charge in [0.05, 0.1) is 18.9 Å². The van der Waals surface area contributed by atoms with Crippen LogP contribution < -0.4 is 0 Å². The molecule has 0 fully saturated rings. The highest BCUT2D eigenvalue weighted by Crippen LogP contribution is 2.53. The molecule has 0 unspecified atom stereocenters. The fourth-order valence-corrected chi connectivity index (χ4v) is 2.63. The predicted octanol–water partition coefficient (Wildman–Crippen LogP) is 3.05. The van der Waals surface area contributed by atoms with Crippen molar-refractivity contribution in [2.45, 2.75) is 39.8 Å². The molecule has 0 aliphatic heterocycles. The van der Waals surface area contributed by atoms with E-state index in [1.165, 1.54) is 0 Å². The van der Waals surface area contributed by atoms with Crippen LogP contribution in [0.2, 0.25) is 0 Å². The summed E-state index contributed by atoms with van der Waals surface area (Å²) in [5.41, 5.74) is -0.00241. The fourth-order valence-electron chi connectivity index (χ4n) is 0.875. The lowest BCUT2D eigenvalue weighted by atomic mass is 10.4. The highest BCUT2D eigenvalue weighted by atomic mass is 31.2. The smallest absolute Gasteiger partial charge is 0.309 e. The van der Waals surface area contributed by atoms with Crippen molar-refractivity contribution in [3.05, 3.63) is 0 Å². The third-order valence-electron chi connectivity index (χ3n) is 1.75. The first kappa shape index (κ1) is 12.2. The third-order valence-corrected chi connectivity index (χ3v) is 4.43. The van der Waals surface area contributed by atoms with Gasteiger partial charge >= 0.3 is 7.60 Å². The van der Waals surface area contributed by atoms with Gasteiger partial charge in [-0.3, -0.25) is 4.57 Å². The van der Waals surface area contributed by atoms with Gasteiger partial charge < -0.3 is 9.05 Å². The predicted molar refractivity (Wildman–Crippen MR) is 50.6 cm³/mol. The van der Waals surface area contributed by atoms with Crippen molar-refractivity contribution in [2.24, 2.45) is 0 Å². The Balaban J connectivity index is 4.27. The molecule has 0 heterocycles. The Labute approximate surface area is 75.0 Å². The Hall–Kier alpha value is 0.150. The molecule has 0 saturated carbocycles. The van der Waals surface area contributed by atoms with Gasteiger partial charge in [-0.15, -0.1) is 0 Å². The molecule has 3 nitrogen and oxygen atoms in total. The second-order valence-corrected chi connectivity index (χ2v) is 5.11. The minimum atomic E-state index is -2.81. The van der Waals surface area contributed by atoms with Crippen LogP contribution in [0.4, 0.5) is 0 Å². The van der Waals surface area contributed by atoms with Gasteiger partial charge in [0, 0.05) is 0 Å². The van der Waals surface area contributed by atoms with Gasteiger partial charge in [0.1, 0.15) is 0 Å². The average Bonchev–Trinajstić information content (AvgIpc) is 2.04. The summed E-state index contributed by atoms with van der Waals surface area (Å²) in [7, 11) is -2.81. The summed E-state index contributed by atoms with van der Waals surface area (Å²) in [6.45, 7) is 8.42. The summed E-state index contributed by atoms with van der Waals surface area (Å²) in [4.78, 5) is 0. The molecule has 0 aliphatic carbocycles. The van der Waals surface area contributed by atoms with Crippen molar-refractivity contribution in [3.8, 4) is 0 Å². The quantitative estimate of drug-likeness (QED) is 0.609. The van der Waals surface area contributed by atoms with Crippen LogP contribution in [-0.2, 0) is 13.6 Å². The molecule has 0 aromatic heterocycles. The second kappa shape index (κ2) is 5.74. The highest BCUT2D eigenvalue weighted by Gasteiger charge is 2.29. The van der Waals surface area contributed by atoms with Crippen molar-refractivity contribution in [1.29, 1.82) is 0 Å². The third kappa shape index (κ3) is 3.26. The van der Waals surface area contributed by atoms with Crippen LogP contribution in [-0.4, -0.2) is 18.9 Å². The van der Waals surface area contributed by atoms with Gasteiger partial charge in [-0.1, -0.05) is 13.8 Å². The molecule has 0 spiro atoms. The lowest BCUT2D eigenvalue weighted by molar-refractivity contribution is 0.212. The zero-order valence-electron chi connectivity index (χ0n) is 8.37. The van der Waals surface area contributed by atoms with Crippen LogP contribution in [0.1, 0.15) is 34.1 Å². The maximum Gasteiger partial charge on any atom is 0.333 e. The highest BCUT2D eigenvalue weighted by molar-refractivity contribution is 7.54. The molecular weight excluding hydrogens is 175 g/mol. The number of hydrogen-bond donors (Lipinski definition) is 0. The zero-order chi connectivity index (χ0) is 9.61. The van der Waals surface area contributed by atoms with Crippen molar-refractivity contribution in [2.75, 3.05) is 13.2 Å². The van der Waals surface area contributed by atoms with Crippen LogP contribution in [0.5, 0.6) is 0 Å². The maximum absolute atomic E-state index is 11.9. The van der Waals surface area contributed by atoms with Gasteiger partial charge in [-0.2, -0.15) is 0 Å². The van der Waals surface area contributed by atoms with Gasteiger partial charge in [-0.25, -0.2) is 0 Å². The molecule has 0 aromatic carbocycles. The van der Waals surface area contributed by atoms with E-state index in [0.717, 1.165) is 6.42 Å². The first-order valence-corrected chi connectivity index (χ1v) is 6.10. The standard InChI is InChI=1S/C8H19O3P/c1-5-8(4)12(9,10-6-2)11-7-3/h8H,5-7H2,1-4H3/t8-/m1/s1. The van der Waals surface area contributed by atoms with Gasteiger partial charge in [0.15, 0.2) is 0 Å². The van der Waals surface area contributed by atoms with Crippen LogP contribution in [0.25, 0.3) is 0 Å². The van der Waals surface area contributed by atoms with E-state index < -0.39 is 7.60 Å². The Morgan fingerprint density at radius 2 is 1.58 bits per heavy atom. The molecule has 1 atom stereocenters. The molecule has 0 aliphatic rings. The molecule has 0 aromatic rings. The van der Waals surface area contributed by atoms with E-state index >= 15 is 0 Å². The number of hydrogen-bond acceptors (Lipinski definition) is 3. The van der Waals surface area contributed by atoms with E-state index in [4.69, 9.17) is 9.05 Å². The molecule has 12 heavy (non-hydrogen) atoms. The van der Waals surface area contributed by atoms with E-state index in [-0.39, 0.29) is 5.66 Å². The van der Waals surface area contributed by atoms with Crippen molar-refractivity contribution >= 4 is 7.60 Å². The molecule has 0 bridgehead atoms. The molecule has 0 rings (SSSR count).